The summed E-state index contributed by atoms with van der Waals surface area (Å²) < 4.78 is 0. The van der Waals surface area contributed by atoms with E-state index in [0.717, 1.165) is 38.0 Å². The van der Waals surface area contributed by atoms with Crippen molar-refractivity contribution in [1.29, 1.82) is 0 Å². The number of hydrogen-bond acceptors (Lipinski definition) is 4. The first kappa shape index (κ1) is 20.7. The standard InChI is InChI=1S/C16H28N2O3S/c1-13(2)16(21)22-12-8-7-11-18(15(4)20)10-6-5-9-17-14(3)19/h1,5-12H2,2-4H3,(H,17,19). The zero-order valence-electron chi connectivity index (χ0n) is 13.9. The van der Waals surface area contributed by atoms with Gasteiger partial charge in [-0.1, -0.05) is 18.3 Å². The summed E-state index contributed by atoms with van der Waals surface area (Å²) >= 11 is 1.29. The molecule has 0 spiro atoms. The van der Waals surface area contributed by atoms with Gasteiger partial charge in [-0.25, -0.2) is 0 Å². The number of amides is 2. The van der Waals surface area contributed by atoms with Gasteiger partial charge in [-0.05, 0) is 38.2 Å². The van der Waals surface area contributed by atoms with Crippen LogP contribution in [0, 0.1) is 0 Å². The number of nitrogens with zero attached hydrogens (tertiary/aromatic N) is 1. The molecule has 6 heteroatoms. The maximum atomic E-state index is 11.6. The van der Waals surface area contributed by atoms with Crippen molar-refractivity contribution in [2.24, 2.45) is 0 Å². The molecule has 0 rings (SSSR count). The van der Waals surface area contributed by atoms with Crippen LogP contribution in [0.15, 0.2) is 12.2 Å². The van der Waals surface area contributed by atoms with Gasteiger partial charge in [0.2, 0.25) is 16.9 Å². The molecule has 0 saturated heterocycles. The molecule has 5 nitrogen and oxygen atoms in total. The van der Waals surface area contributed by atoms with Gasteiger partial charge >= 0.3 is 0 Å². The highest BCUT2D eigenvalue weighted by Gasteiger charge is 2.08. The highest BCUT2D eigenvalue weighted by molar-refractivity contribution is 8.14. The number of nitrogens with one attached hydrogen (secondary N) is 1. The normalized spacial score (nSPS) is 10.1. The zero-order valence-corrected chi connectivity index (χ0v) is 14.8. The Labute approximate surface area is 137 Å². The third-order valence-electron chi connectivity index (χ3n) is 3.08. The van der Waals surface area contributed by atoms with Crippen LogP contribution in [0.25, 0.3) is 0 Å². The molecular weight excluding hydrogens is 300 g/mol. The molecule has 0 aliphatic carbocycles. The molecule has 0 aromatic carbocycles. The molecule has 0 fully saturated rings. The van der Waals surface area contributed by atoms with Crippen LogP contribution < -0.4 is 5.32 Å². The Morgan fingerprint density at radius 3 is 2.09 bits per heavy atom. The summed E-state index contributed by atoms with van der Waals surface area (Å²) in [5.74, 6) is 0.815. The Bertz CT molecular complexity index is 397. The summed E-state index contributed by atoms with van der Waals surface area (Å²) in [5.41, 5.74) is 0.578. The summed E-state index contributed by atoms with van der Waals surface area (Å²) in [7, 11) is 0. The molecule has 1 N–H and O–H groups in total. The Hall–Kier alpha value is -1.30. The van der Waals surface area contributed by atoms with Crippen molar-refractivity contribution in [3.8, 4) is 0 Å². The van der Waals surface area contributed by atoms with E-state index in [2.05, 4.69) is 11.9 Å². The number of carbonyl (C=O) groups is 3. The number of carbonyl (C=O) groups excluding carboxylic acids is 3. The van der Waals surface area contributed by atoms with E-state index >= 15 is 0 Å². The van der Waals surface area contributed by atoms with E-state index in [9.17, 15) is 14.4 Å². The predicted octanol–water partition coefficient (Wildman–Crippen LogP) is 2.37. The molecule has 2 amide bonds. The second-order valence-corrected chi connectivity index (χ2v) is 6.39. The molecule has 0 radical (unpaired) electrons. The first-order valence-corrected chi connectivity index (χ1v) is 8.65. The van der Waals surface area contributed by atoms with Crippen LogP contribution >= 0.6 is 11.8 Å². The van der Waals surface area contributed by atoms with Crippen molar-refractivity contribution in [3.05, 3.63) is 12.2 Å². The minimum atomic E-state index is -0.0229. The smallest absolute Gasteiger partial charge is 0.219 e. The monoisotopic (exact) mass is 328 g/mol. The predicted molar refractivity (Wildman–Crippen MR) is 91.7 cm³/mol. The fraction of sp³-hybridized carbons (Fsp3) is 0.688. The third-order valence-corrected chi connectivity index (χ3v) is 4.18. The third kappa shape index (κ3) is 11.4. The molecule has 0 atom stereocenters. The SMILES string of the molecule is C=C(C)C(=O)SCCCCN(CCCCNC(C)=O)C(C)=O. The second kappa shape index (κ2) is 12.3. The molecule has 0 aromatic rings. The fourth-order valence-corrected chi connectivity index (χ4v) is 2.59. The number of rotatable bonds is 11. The zero-order chi connectivity index (χ0) is 17.0. The number of unbranched alkanes of at least 4 members (excludes halogenated alkanes) is 2. The molecule has 0 saturated carbocycles. The summed E-state index contributed by atoms with van der Waals surface area (Å²) in [5, 5.41) is 2.79. The average Bonchev–Trinajstić information content (AvgIpc) is 2.43. The first-order valence-electron chi connectivity index (χ1n) is 7.67. The van der Waals surface area contributed by atoms with E-state index in [4.69, 9.17) is 0 Å². The fourth-order valence-electron chi connectivity index (χ4n) is 1.81. The summed E-state index contributed by atoms with van der Waals surface area (Å²) in [4.78, 5) is 35.5. The molecule has 0 bridgehead atoms. The first-order chi connectivity index (χ1) is 10.3. The van der Waals surface area contributed by atoms with Crippen LogP contribution in [0.4, 0.5) is 0 Å². The van der Waals surface area contributed by atoms with Gasteiger partial charge in [0, 0.05) is 39.2 Å². The van der Waals surface area contributed by atoms with Gasteiger partial charge in [-0.3, -0.25) is 14.4 Å². The van der Waals surface area contributed by atoms with E-state index in [1.807, 2.05) is 4.90 Å². The van der Waals surface area contributed by atoms with Crippen molar-refractivity contribution in [3.63, 3.8) is 0 Å². The second-order valence-electron chi connectivity index (χ2n) is 5.32. The summed E-state index contributed by atoms with van der Waals surface area (Å²) in [6.45, 7) is 10.5. The van der Waals surface area contributed by atoms with E-state index in [-0.39, 0.29) is 16.9 Å². The van der Waals surface area contributed by atoms with E-state index in [0.29, 0.717) is 18.7 Å². The van der Waals surface area contributed by atoms with Crippen LogP contribution in [0.1, 0.15) is 46.5 Å². The molecule has 22 heavy (non-hydrogen) atoms. The Kier molecular flexibility index (Phi) is 11.5. The molecule has 0 aliphatic heterocycles. The maximum absolute atomic E-state index is 11.6. The molecular formula is C16H28N2O3S. The Morgan fingerprint density at radius 2 is 1.59 bits per heavy atom. The summed E-state index contributed by atoms with van der Waals surface area (Å²) in [6.07, 6.45) is 3.54. The maximum Gasteiger partial charge on any atom is 0.219 e. The van der Waals surface area contributed by atoms with E-state index in [1.165, 1.54) is 18.7 Å². The number of hydrogen-bond donors (Lipinski definition) is 1. The van der Waals surface area contributed by atoms with Gasteiger partial charge in [-0.2, -0.15) is 0 Å². The molecule has 126 valence electrons. The van der Waals surface area contributed by atoms with Crippen molar-refractivity contribution >= 4 is 28.7 Å². The van der Waals surface area contributed by atoms with E-state index in [1.54, 1.807) is 13.8 Å². The lowest BCUT2D eigenvalue weighted by Gasteiger charge is -2.21. The average molecular weight is 328 g/mol. The Morgan fingerprint density at radius 1 is 1.00 bits per heavy atom. The topological polar surface area (TPSA) is 66.5 Å². The lowest BCUT2D eigenvalue weighted by atomic mass is 10.2. The van der Waals surface area contributed by atoms with E-state index < -0.39 is 0 Å². The van der Waals surface area contributed by atoms with Crippen molar-refractivity contribution in [2.45, 2.75) is 46.5 Å². The van der Waals surface area contributed by atoms with Crippen LogP contribution in [0.5, 0.6) is 0 Å². The van der Waals surface area contributed by atoms with Gasteiger partial charge < -0.3 is 10.2 Å². The van der Waals surface area contributed by atoms with Gasteiger partial charge in [-0.15, -0.1) is 0 Å². The molecule has 0 heterocycles. The molecule has 0 unspecified atom stereocenters. The van der Waals surface area contributed by atoms with Gasteiger partial charge in [0.1, 0.15) is 0 Å². The summed E-state index contributed by atoms with van der Waals surface area (Å²) in [6, 6.07) is 0. The van der Waals surface area contributed by atoms with Gasteiger partial charge in [0.15, 0.2) is 0 Å². The minimum absolute atomic E-state index is 0.0229. The van der Waals surface area contributed by atoms with Crippen molar-refractivity contribution in [1.82, 2.24) is 10.2 Å². The molecule has 0 aromatic heterocycles. The van der Waals surface area contributed by atoms with Crippen molar-refractivity contribution < 1.29 is 14.4 Å². The number of thioether (sulfide) groups is 1. The lowest BCUT2D eigenvalue weighted by Crippen LogP contribution is -2.31. The van der Waals surface area contributed by atoms with Gasteiger partial charge in [0.25, 0.3) is 0 Å². The van der Waals surface area contributed by atoms with Crippen LogP contribution in [-0.4, -0.2) is 47.2 Å². The highest BCUT2D eigenvalue weighted by Crippen LogP contribution is 2.11. The van der Waals surface area contributed by atoms with Gasteiger partial charge in [0.05, 0.1) is 0 Å². The van der Waals surface area contributed by atoms with Crippen LogP contribution in [0.3, 0.4) is 0 Å². The quantitative estimate of drug-likeness (QED) is 0.467. The van der Waals surface area contributed by atoms with Crippen LogP contribution in [-0.2, 0) is 14.4 Å². The minimum Gasteiger partial charge on any atom is -0.356 e. The lowest BCUT2D eigenvalue weighted by molar-refractivity contribution is -0.129. The Balaban J connectivity index is 3.77. The largest absolute Gasteiger partial charge is 0.356 e. The molecule has 0 aliphatic rings. The van der Waals surface area contributed by atoms with Crippen molar-refractivity contribution in [2.75, 3.05) is 25.4 Å². The highest BCUT2D eigenvalue weighted by atomic mass is 32.2. The van der Waals surface area contributed by atoms with Crippen LogP contribution in [0.2, 0.25) is 0 Å².